The summed E-state index contributed by atoms with van der Waals surface area (Å²) in [5.74, 6) is 0. The molecule has 0 aliphatic rings. The molecule has 0 aromatic heterocycles. The van der Waals surface area contributed by atoms with Crippen molar-refractivity contribution in [2.75, 3.05) is 6.61 Å². The average molecular weight is 269 g/mol. The van der Waals surface area contributed by atoms with Gasteiger partial charge in [0.15, 0.2) is 0 Å². The second-order valence-corrected chi connectivity index (χ2v) is 5.38. The van der Waals surface area contributed by atoms with E-state index in [4.69, 9.17) is 5.11 Å². The molecule has 0 amide bonds. The Morgan fingerprint density at radius 3 is 2.40 bits per heavy atom. The summed E-state index contributed by atoms with van der Waals surface area (Å²) in [6, 6.07) is 8.09. The Morgan fingerprint density at radius 2 is 1.93 bits per heavy atom. The highest BCUT2D eigenvalue weighted by molar-refractivity contribution is 9.10. The molecule has 0 fully saturated rings. The molecule has 1 aromatic carbocycles. The van der Waals surface area contributed by atoms with Crippen molar-refractivity contribution in [1.29, 1.82) is 0 Å². The van der Waals surface area contributed by atoms with Crippen molar-refractivity contribution in [2.24, 2.45) is 5.41 Å². The molecule has 0 aliphatic heterocycles. The third-order valence-electron chi connectivity index (χ3n) is 2.27. The maximum Gasteiger partial charge on any atom is 0.0618 e. The Hall–Kier alpha value is -0.600. The van der Waals surface area contributed by atoms with Gasteiger partial charge in [0.25, 0.3) is 0 Å². The molecule has 0 aliphatic carbocycles. The lowest BCUT2D eigenvalue weighted by Gasteiger charge is -2.24. The van der Waals surface area contributed by atoms with Gasteiger partial charge in [-0.1, -0.05) is 61.0 Å². The van der Waals surface area contributed by atoms with Crippen LogP contribution >= 0.6 is 15.9 Å². The Morgan fingerprint density at radius 1 is 1.33 bits per heavy atom. The van der Waals surface area contributed by atoms with Gasteiger partial charge in [0.05, 0.1) is 6.61 Å². The fraction of sp³-hybridized carbons (Fsp3) is 0.385. The van der Waals surface area contributed by atoms with Gasteiger partial charge in [0.1, 0.15) is 0 Å². The number of benzene rings is 1. The second-order valence-electron chi connectivity index (χ2n) is 4.53. The zero-order valence-electron chi connectivity index (χ0n) is 9.42. The summed E-state index contributed by atoms with van der Waals surface area (Å²) in [6.45, 7) is 6.52. The van der Waals surface area contributed by atoms with E-state index in [1.165, 1.54) is 0 Å². The van der Waals surface area contributed by atoms with E-state index < -0.39 is 0 Å². The summed E-state index contributed by atoms with van der Waals surface area (Å²) in [4.78, 5) is 0. The number of rotatable bonds is 2. The SMILES string of the molecule is CC(C)(C)/C(=C/CO)c1ccccc1Br. The first-order chi connectivity index (χ1) is 6.96. The van der Waals surface area contributed by atoms with E-state index in [-0.39, 0.29) is 12.0 Å². The van der Waals surface area contributed by atoms with E-state index in [1.807, 2.05) is 24.3 Å². The summed E-state index contributed by atoms with van der Waals surface area (Å²) in [6.07, 6.45) is 1.88. The van der Waals surface area contributed by atoms with Crippen LogP contribution in [0.4, 0.5) is 0 Å². The molecule has 0 radical (unpaired) electrons. The third-order valence-corrected chi connectivity index (χ3v) is 2.96. The van der Waals surface area contributed by atoms with E-state index in [1.54, 1.807) is 0 Å². The number of halogens is 1. The quantitative estimate of drug-likeness (QED) is 0.864. The molecular weight excluding hydrogens is 252 g/mol. The van der Waals surface area contributed by atoms with E-state index in [0.29, 0.717) is 0 Å². The predicted molar refractivity (Wildman–Crippen MR) is 68.7 cm³/mol. The topological polar surface area (TPSA) is 20.2 Å². The molecule has 0 heterocycles. The van der Waals surface area contributed by atoms with Gasteiger partial charge in [-0.25, -0.2) is 0 Å². The van der Waals surface area contributed by atoms with E-state index in [2.05, 4.69) is 42.8 Å². The Bertz CT molecular complexity index is 361. The van der Waals surface area contributed by atoms with Crippen molar-refractivity contribution >= 4 is 21.5 Å². The minimum Gasteiger partial charge on any atom is -0.392 e. The molecule has 15 heavy (non-hydrogen) atoms. The highest BCUT2D eigenvalue weighted by Gasteiger charge is 2.19. The van der Waals surface area contributed by atoms with Crippen LogP contribution in [0, 0.1) is 5.41 Å². The summed E-state index contributed by atoms with van der Waals surface area (Å²) < 4.78 is 1.07. The molecule has 1 nitrogen and oxygen atoms in total. The molecule has 2 heteroatoms. The monoisotopic (exact) mass is 268 g/mol. The van der Waals surface area contributed by atoms with E-state index in [9.17, 15) is 0 Å². The van der Waals surface area contributed by atoms with Crippen LogP contribution in [0.3, 0.4) is 0 Å². The van der Waals surface area contributed by atoms with Gasteiger partial charge in [-0.05, 0) is 22.6 Å². The standard InChI is InChI=1S/C13H17BrO/c1-13(2,3)11(8-9-15)10-6-4-5-7-12(10)14/h4-8,15H,9H2,1-3H3/b11-8+. The summed E-state index contributed by atoms with van der Waals surface area (Å²) in [7, 11) is 0. The predicted octanol–water partition coefficient (Wildman–Crippen LogP) is 3.87. The number of hydrogen-bond donors (Lipinski definition) is 1. The molecule has 0 saturated heterocycles. The first-order valence-corrected chi connectivity index (χ1v) is 5.82. The van der Waals surface area contributed by atoms with Crippen molar-refractivity contribution < 1.29 is 5.11 Å². The molecule has 0 unspecified atom stereocenters. The van der Waals surface area contributed by atoms with Crippen LogP contribution in [-0.4, -0.2) is 11.7 Å². The number of aliphatic hydroxyl groups excluding tert-OH is 1. The van der Waals surface area contributed by atoms with Gasteiger partial charge in [0, 0.05) is 4.47 Å². The van der Waals surface area contributed by atoms with Gasteiger partial charge < -0.3 is 5.11 Å². The minimum absolute atomic E-state index is 0.0343. The Balaban J connectivity index is 3.24. The van der Waals surface area contributed by atoms with Crippen LogP contribution in [0.5, 0.6) is 0 Å². The van der Waals surface area contributed by atoms with Crippen LogP contribution in [0.1, 0.15) is 26.3 Å². The van der Waals surface area contributed by atoms with Gasteiger partial charge in [-0.3, -0.25) is 0 Å². The van der Waals surface area contributed by atoms with Gasteiger partial charge in [-0.15, -0.1) is 0 Å². The third kappa shape index (κ3) is 3.18. The van der Waals surface area contributed by atoms with Gasteiger partial charge in [-0.2, -0.15) is 0 Å². The Labute approximate surface area is 100.0 Å². The van der Waals surface area contributed by atoms with E-state index in [0.717, 1.165) is 15.6 Å². The molecule has 1 rings (SSSR count). The molecule has 0 bridgehead atoms. The summed E-state index contributed by atoms with van der Waals surface area (Å²) >= 11 is 3.54. The lowest BCUT2D eigenvalue weighted by Crippen LogP contribution is -2.09. The first kappa shape index (κ1) is 12.5. The van der Waals surface area contributed by atoms with Crippen LogP contribution in [0.2, 0.25) is 0 Å². The van der Waals surface area contributed by atoms with Crippen LogP contribution in [0.15, 0.2) is 34.8 Å². The number of aliphatic hydroxyl groups is 1. The molecular formula is C13H17BrO. The van der Waals surface area contributed by atoms with Crippen LogP contribution in [-0.2, 0) is 0 Å². The van der Waals surface area contributed by atoms with Crippen molar-refractivity contribution in [3.8, 4) is 0 Å². The molecule has 0 saturated carbocycles. The highest BCUT2D eigenvalue weighted by atomic mass is 79.9. The van der Waals surface area contributed by atoms with Crippen molar-refractivity contribution in [3.63, 3.8) is 0 Å². The molecule has 82 valence electrons. The number of allylic oxidation sites excluding steroid dienone is 1. The van der Waals surface area contributed by atoms with Gasteiger partial charge >= 0.3 is 0 Å². The second kappa shape index (κ2) is 4.95. The molecule has 0 atom stereocenters. The van der Waals surface area contributed by atoms with Crippen LogP contribution in [0.25, 0.3) is 5.57 Å². The fourth-order valence-corrected chi connectivity index (χ4v) is 2.09. The zero-order chi connectivity index (χ0) is 11.5. The lowest BCUT2D eigenvalue weighted by atomic mass is 9.82. The maximum absolute atomic E-state index is 9.06. The zero-order valence-corrected chi connectivity index (χ0v) is 11.0. The Kier molecular flexibility index (Phi) is 4.12. The molecule has 1 aromatic rings. The van der Waals surface area contributed by atoms with Gasteiger partial charge in [0.2, 0.25) is 0 Å². The van der Waals surface area contributed by atoms with Crippen molar-refractivity contribution in [3.05, 3.63) is 40.4 Å². The molecule has 0 spiro atoms. The van der Waals surface area contributed by atoms with Crippen LogP contribution < -0.4 is 0 Å². The van der Waals surface area contributed by atoms with Crippen molar-refractivity contribution in [1.82, 2.24) is 0 Å². The first-order valence-electron chi connectivity index (χ1n) is 5.03. The largest absolute Gasteiger partial charge is 0.392 e. The highest BCUT2D eigenvalue weighted by Crippen LogP contribution is 2.37. The fourth-order valence-electron chi connectivity index (χ4n) is 1.59. The number of hydrogen-bond acceptors (Lipinski definition) is 1. The average Bonchev–Trinajstić information content (AvgIpc) is 2.14. The van der Waals surface area contributed by atoms with E-state index >= 15 is 0 Å². The van der Waals surface area contributed by atoms with Crippen molar-refractivity contribution in [2.45, 2.75) is 20.8 Å². The smallest absolute Gasteiger partial charge is 0.0618 e. The minimum atomic E-state index is 0.0343. The summed E-state index contributed by atoms with van der Waals surface area (Å²) in [5, 5.41) is 9.06. The normalized spacial score (nSPS) is 13.0. The summed E-state index contributed by atoms with van der Waals surface area (Å²) in [5.41, 5.74) is 2.35. The molecule has 1 N–H and O–H groups in total. The maximum atomic E-state index is 9.06. The lowest BCUT2D eigenvalue weighted by molar-refractivity contribution is 0.341.